The number of rotatable bonds is 1. The van der Waals surface area contributed by atoms with Gasteiger partial charge in [0.25, 0.3) is 0 Å². The second kappa shape index (κ2) is 5.33. The largest absolute Gasteiger partial charge is 0.465 e. The summed E-state index contributed by atoms with van der Waals surface area (Å²) in [5.74, 6) is -1.46. The lowest BCUT2D eigenvalue weighted by molar-refractivity contribution is 0.122. The fourth-order valence-corrected chi connectivity index (χ4v) is 2.32. The van der Waals surface area contributed by atoms with Crippen LogP contribution in [0, 0.1) is 23.0 Å². The number of hydrogen-bond donors (Lipinski definition) is 1. The van der Waals surface area contributed by atoms with Crippen LogP contribution in [0.2, 0.25) is 0 Å². The third-order valence-corrected chi connectivity index (χ3v) is 3.37. The van der Waals surface area contributed by atoms with Crippen LogP contribution >= 0.6 is 0 Å². The lowest BCUT2D eigenvalue weighted by atomic mass is 10.1. The molecule has 0 aromatic heterocycles. The second-order valence-electron chi connectivity index (χ2n) is 4.67. The summed E-state index contributed by atoms with van der Waals surface area (Å²) in [4.78, 5) is 13.8. The van der Waals surface area contributed by atoms with Crippen molar-refractivity contribution in [2.24, 2.45) is 0 Å². The molecule has 0 radical (unpaired) electrons. The van der Waals surface area contributed by atoms with E-state index in [2.05, 4.69) is 0 Å². The van der Waals surface area contributed by atoms with Gasteiger partial charge in [-0.25, -0.2) is 13.6 Å². The Balaban J connectivity index is 2.24. The van der Waals surface area contributed by atoms with Crippen molar-refractivity contribution >= 4 is 11.8 Å². The minimum Gasteiger partial charge on any atom is -0.465 e. The number of nitrogens with zero attached hydrogens (tertiary/aromatic N) is 3. The van der Waals surface area contributed by atoms with Gasteiger partial charge in [-0.15, -0.1) is 0 Å². The average Bonchev–Trinajstić information content (AvgIpc) is 2.40. The molecule has 1 atom stereocenters. The van der Waals surface area contributed by atoms with E-state index in [-0.39, 0.29) is 36.9 Å². The van der Waals surface area contributed by atoms with Crippen LogP contribution in [0.1, 0.15) is 12.5 Å². The van der Waals surface area contributed by atoms with Crippen LogP contribution < -0.4 is 4.90 Å². The molecule has 0 aliphatic carbocycles. The molecule has 20 heavy (non-hydrogen) atoms. The molecular weight excluding hydrogens is 268 g/mol. The van der Waals surface area contributed by atoms with Gasteiger partial charge in [0.15, 0.2) is 0 Å². The lowest BCUT2D eigenvalue weighted by Gasteiger charge is -2.39. The summed E-state index contributed by atoms with van der Waals surface area (Å²) in [6.45, 7) is 2.48. The molecule has 1 aliphatic heterocycles. The Bertz CT molecular complexity index is 586. The van der Waals surface area contributed by atoms with Gasteiger partial charge < -0.3 is 14.9 Å². The number of carboxylic acid groups (broad SMARTS) is 1. The molecule has 0 spiro atoms. The van der Waals surface area contributed by atoms with Crippen molar-refractivity contribution in [3.8, 4) is 6.07 Å². The summed E-state index contributed by atoms with van der Waals surface area (Å²) < 4.78 is 27.5. The second-order valence-corrected chi connectivity index (χ2v) is 4.67. The zero-order chi connectivity index (χ0) is 14.9. The van der Waals surface area contributed by atoms with Gasteiger partial charge in [-0.05, 0) is 13.0 Å². The quantitative estimate of drug-likeness (QED) is 0.855. The van der Waals surface area contributed by atoms with E-state index in [1.807, 2.05) is 0 Å². The maximum Gasteiger partial charge on any atom is 0.407 e. The third-order valence-electron chi connectivity index (χ3n) is 3.37. The molecule has 7 heteroatoms. The molecule has 1 heterocycles. The Morgan fingerprint density at radius 1 is 1.40 bits per heavy atom. The molecular formula is C13H13F2N3O2. The smallest absolute Gasteiger partial charge is 0.407 e. The summed E-state index contributed by atoms with van der Waals surface area (Å²) >= 11 is 0. The molecule has 1 saturated heterocycles. The van der Waals surface area contributed by atoms with Crippen molar-refractivity contribution in [3.63, 3.8) is 0 Å². The van der Waals surface area contributed by atoms with Gasteiger partial charge in [0.2, 0.25) is 0 Å². The first kappa shape index (κ1) is 14.1. The van der Waals surface area contributed by atoms with E-state index >= 15 is 0 Å². The van der Waals surface area contributed by atoms with Gasteiger partial charge in [0, 0.05) is 31.7 Å². The highest BCUT2D eigenvalue weighted by atomic mass is 19.1. The Kier molecular flexibility index (Phi) is 3.74. The van der Waals surface area contributed by atoms with Crippen LogP contribution in [0.5, 0.6) is 0 Å². The van der Waals surface area contributed by atoms with E-state index < -0.39 is 17.7 Å². The van der Waals surface area contributed by atoms with Gasteiger partial charge in [-0.2, -0.15) is 5.26 Å². The van der Waals surface area contributed by atoms with Crippen LogP contribution in [-0.4, -0.2) is 41.8 Å². The Morgan fingerprint density at radius 3 is 2.65 bits per heavy atom. The monoisotopic (exact) mass is 281 g/mol. The predicted molar refractivity (Wildman–Crippen MR) is 67.5 cm³/mol. The molecule has 0 unspecified atom stereocenters. The normalized spacial score (nSPS) is 18.8. The van der Waals surface area contributed by atoms with Crippen molar-refractivity contribution in [3.05, 3.63) is 29.3 Å². The number of amides is 1. The summed E-state index contributed by atoms with van der Waals surface area (Å²) in [6.07, 6.45) is -1.02. The Morgan fingerprint density at radius 2 is 2.10 bits per heavy atom. The zero-order valence-electron chi connectivity index (χ0n) is 10.8. The molecule has 1 amide bonds. The summed E-state index contributed by atoms with van der Waals surface area (Å²) in [5, 5.41) is 17.6. The van der Waals surface area contributed by atoms with Crippen molar-refractivity contribution < 1.29 is 18.7 Å². The Hall–Kier alpha value is -2.36. The number of benzene rings is 1. The highest BCUT2D eigenvalue weighted by molar-refractivity contribution is 5.66. The van der Waals surface area contributed by atoms with Gasteiger partial charge in [0.1, 0.15) is 17.7 Å². The maximum absolute atomic E-state index is 13.9. The van der Waals surface area contributed by atoms with Crippen LogP contribution in [0.4, 0.5) is 19.3 Å². The molecule has 1 aromatic carbocycles. The Labute approximate surface area is 114 Å². The van der Waals surface area contributed by atoms with E-state index in [0.717, 1.165) is 12.1 Å². The number of hydrogen-bond acceptors (Lipinski definition) is 3. The SMILES string of the molecule is C[C@H]1CN(c2cc(F)c(C#N)cc2F)CCN1C(=O)O. The molecule has 1 aromatic rings. The van der Waals surface area contributed by atoms with Gasteiger partial charge >= 0.3 is 6.09 Å². The van der Waals surface area contributed by atoms with E-state index in [4.69, 9.17) is 10.4 Å². The van der Waals surface area contributed by atoms with Gasteiger partial charge in [-0.1, -0.05) is 0 Å². The summed E-state index contributed by atoms with van der Waals surface area (Å²) in [5.41, 5.74) is -0.290. The van der Waals surface area contributed by atoms with Gasteiger partial charge in [-0.3, -0.25) is 0 Å². The van der Waals surface area contributed by atoms with Crippen molar-refractivity contribution in [2.75, 3.05) is 24.5 Å². The van der Waals surface area contributed by atoms with E-state index in [1.54, 1.807) is 17.9 Å². The zero-order valence-corrected chi connectivity index (χ0v) is 10.8. The highest BCUT2D eigenvalue weighted by Gasteiger charge is 2.28. The third kappa shape index (κ3) is 2.50. The van der Waals surface area contributed by atoms with E-state index in [0.29, 0.717) is 0 Å². The molecule has 0 saturated carbocycles. The van der Waals surface area contributed by atoms with Crippen LogP contribution in [0.3, 0.4) is 0 Å². The molecule has 1 aliphatic rings. The van der Waals surface area contributed by atoms with E-state index in [9.17, 15) is 13.6 Å². The van der Waals surface area contributed by atoms with Crippen molar-refractivity contribution in [1.82, 2.24) is 4.90 Å². The number of nitriles is 1. The number of piperazine rings is 1. The molecule has 2 rings (SSSR count). The summed E-state index contributed by atoms with van der Waals surface area (Å²) in [6, 6.07) is 3.10. The standard InChI is InChI=1S/C13H13F2N3O2/c1-8-7-17(2-3-18(8)13(19)20)12-5-10(14)9(6-16)4-11(12)15/h4-5,8H,2-3,7H2,1H3,(H,19,20)/t8-/m0/s1. The number of carbonyl (C=O) groups is 1. The average molecular weight is 281 g/mol. The van der Waals surface area contributed by atoms with Crippen LogP contribution in [-0.2, 0) is 0 Å². The van der Waals surface area contributed by atoms with Crippen LogP contribution in [0.25, 0.3) is 0 Å². The first-order chi connectivity index (χ1) is 9.43. The summed E-state index contributed by atoms with van der Waals surface area (Å²) in [7, 11) is 0. The highest BCUT2D eigenvalue weighted by Crippen LogP contribution is 2.25. The number of anilines is 1. The first-order valence-electron chi connectivity index (χ1n) is 6.07. The minimum atomic E-state index is -1.02. The van der Waals surface area contributed by atoms with Gasteiger partial charge in [0.05, 0.1) is 11.3 Å². The van der Waals surface area contributed by atoms with Crippen molar-refractivity contribution in [1.29, 1.82) is 5.26 Å². The lowest BCUT2D eigenvalue weighted by Crippen LogP contribution is -2.54. The van der Waals surface area contributed by atoms with E-state index in [1.165, 1.54) is 4.90 Å². The number of halogens is 2. The molecule has 5 nitrogen and oxygen atoms in total. The maximum atomic E-state index is 13.9. The molecule has 1 fully saturated rings. The molecule has 106 valence electrons. The van der Waals surface area contributed by atoms with Crippen molar-refractivity contribution in [2.45, 2.75) is 13.0 Å². The molecule has 0 bridgehead atoms. The minimum absolute atomic E-state index is 0.0541. The molecule has 1 N–H and O–H groups in total. The fraction of sp³-hybridized carbons (Fsp3) is 0.385. The topological polar surface area (TPSA) is 67.6 Å². The fourth-order valence-electron chi connectivity index (χ4n) is 2.32. The predicted octanol–water partition coefficient (Wildman–Crippen LogP) is 2.02. The van der Waals surface area contributed by atoms with Crippen LogP contribution in [0.15, 0.2) is 12.1 Å². The first-order valence-corrected chi connectivity index (χ1v) is 6.07.